The molecule has 0 aromatic heterocycles. The maximum absolute atomic E-state index is 11.9. The smallest absolute Gasteiger partial charge is 0.315 e. The molecule has 96 valence electrons. The van der Waals surface area contributed by atoms with Gasteiger partial charge in [0, 0.05) is 5.41 Å². The molecule has 1 aliphatic carbocycles. The maximum Gasteiger partial charge on any atom is 0.315 e. The van der Waals surface area contributed by atoms with Gasteiger partial charge in [0.15, 0.2) is 0 Å². The maximum atomic E-state index is 11.9. The summed E-state index contributed by atoms with van der Waals surface area (Å²) in [5.74, 6) is -0.731. The number of rotatable bonds is 3. The molecule has 0 bridgehead atoms. The highest BCUT2D eigenvalue weighted by molar-refractivity contribution is 5.89. The van der Waals surface area contributed by atoms with E-state index in [-0.39, 0.29) is 5.41 Å². The summed E-state index contributed by atoms with van der Waals surface area (Å²) in [5.41, 5.74) is 0.895. The molecule has 0 heterocycles. The molecule has 2 aromatic carbocycles. The van der Waals surface area contributed by atoms with Crippen molar-refractivity contribution >= 4 is 5.97 Å². The van der Waals surface area contributed by atoms with Crippen LogP contribution in [0.15, 0.2) is 60.7 Å². The fourth-order valence-corrected chi connectivity index (χ4v) is 3.22. The molecule has 0 amide bonds. The van der Waals surface area contributed by atoms with Gasteiger partial charge in [-0.25, -0.2) is 0 Å². The number of carbonyl (C=O) groups is 1. The van der Waals surface area contributed by atoms with E-state index >= 15 is 0 Å². The topological polar surface area (TPSA) is 37.3 Å². The van der Waals surface area contributed by atoms with Crippen molar-refractivity contribution in [3.05, 3.63) is 71.8 Å². The van der Waals surface area contributed by atoms with E-state index in [2.05, 4.69) is 0 Å². The fraction of sp³-hybridized carbons (Fsp3) is 0.235. The van der Waals surface area contributed by atoms with Gasteiger partial charge in [0.05, 0.1) is 0 Å². The van der Waals surface area contributed by atoms with Crippen LogP contribution in [0.25, 0.3) is 0 Å². The Hall–Kier alpha value is -2.09. The highest BCUT2D eigenvalue weighted by Gasteiger charge is 2.71. The Morgan fingerprint density at radius 3 is 1.89 bits per heavy atom. The van der Waals surface area contributed by atoms with Crippen molar-refractivity contribution in [1.29, 1.82) is 0 Å². The number of hydrogen-bond donors (Lipinski definition) is 1. The normalized spacial score (nSPS) is 28.9. The molecule has 2 aromatic rings. The molecule has 1 N–H and O–H groups in total. The molecule has 1 saturated carbocycles. The first-order chi connectivity index (χ1) is 9.11. The SMILES string of the molecule is C[C@]1(c2ccccc2)C[C@@]1(C(=O)O)c1ccccc1. The third-order valence-electron chi connectivity index (χ3n) is 4.48. The van der Waals surface area contributed by atoms with E-state index in [4.69, 9.17) is 0 Å². The molecule has 2 atom stereocenters. The Balaban J connectivity index is 2.11. The molecule has 0 saturated heterocycles. The van der Waals surface area contributed by atoms with Gasteiger partial charge in [-0.1, -0.05) is 67.6 Å². The Labute approximate surface area is 112 Å². The summed E-state index contributed by atoms with van der Waals surface area (Å²) < 4.78 is 0. The molecule has 0 aliphatic heterocycles. The molecular formula is C17H16O2. The van der Waals surface area contributed by atoms with Crippen LogP contribution < -0.4 is 0 Å². The molecule has 2 heteroatoms. The highest BCUT2D eigenvalue weighted by atomic mass is 16.4. The van der Waals surface area contributed by atoms with E-state index in [0.29, 0.717) is 6.42 Å². The summed E-state index contributed by atoms with van der Waals surface area (Å²) in [7, 11) is 0. The Bertz CT molecular complexity index is 606. The predicted octanol–water partition coefficient (Wildman–Crippen LogP) is 3.37. The Morgan fingerprint density at radius 1 is 0.947 bits per heavy atom. The molecule has 0 spiro atoms. The zero-order valence-corrected chi connectivity index (χ0v) is 10.8. The van der Waals surface area contributed by atoms with Crippen LogP contribution in [0.2, 0.25) is 0 Å². The zero-order chi connectivity index (χ0) is 13.5. The van der Waals surface area contributed by atoms with Gasteiger partial charge in [0.25, 0.3) is 0 Å². The Kier molecular flexibility index (Phi) is 2.49. The quantitative estimate of drug-likeness (QED) is 0.909. The molecule has 0 unspecified atom stereocenters. The minimum absolute atomic E-state index is 0.318. The highest BCUT2D eigenvalue weighted by Crippen LogP contribution is 2.65. The zero-order valence-electron chi connectivity index (χ0n) is 10.8. The lowest BCUT2D eigenvalue weighted by Crippen LogP contribution is -2.28. The van der Waals surface area contributed by atoms with Crippen LogP contribution in [-0.4, -0.2) is 11.1 Å². The van der Waals surface area contributed by atoms with Crippen LogP contribution in [0.3, 0.4) is 0 Å². The van der Waals surface area contributed by atoms with E-state index in [1.165, 1.54) is 0 Å². The van der Waals surface area contributed by atoms with Gasteiger partial charge in [-0.15, -0.1) is 0 Å². The number of hydrogen-bond acceptors (Lipinski definition) is 1. The summed E-state index contributed by atoms with van der Waals surface area (Å²) >= 11 is 0. The van der Waals surface area contributed by atoms with Crippen LogP contribution in [0, 0.1) is 0 Å². The molecule has 2 nitrogen and oxygen atoms in total. The second-order valence-corrected chi connectivity index (χ2v) is 5.45. The lowest BCUT2D eigenvalue weighted by molar-refractivity contribution is -0.140. The van der Waals surface area contributed by atoms with Crippen molar-refractivity contribution in [3.63, 3.8) is 0 Å². The third kappa shape index (κ3) is 1.53. The minimum Gasteiger partial charge on any atom is -0.481 e. The summed E-state index contributed by atoms with van der Waals surface area (Å²) in [5, 5.41) is 9.75. The number of aliphatic carboxylic acids is 1. The summed E-state index contributed by atoms with van der Waals surface area (Å²) in [4.78, 5) is 11.9. The predicted molar refractivity (Wildman–Crippen MR) is 74.2 cm³/mol. The van der Waals surface area contributed by atoms with Crippen molar-refractivity contribution in [2.75, 3.05) is 0 Å². The lowest BCUT2D eigenvalue weighted by atomic mass is 9.83. The average Bonchev–Trinajstić information content (AvgIpc) is 3.10. The van der Waals surface area contributed by atoms with Gasteiger partial charge in [-0.05, 0) is 17.5 Å². The molecule has 19 heavy (non-hydrogen) atoms. The Morgan fingerprint density at radius 2 is 1.42 bits per heavy atom. The number of carboxylic acid groups (broad SMARTS) is 1. The van der Waals surface area contributed by atoms with E-state index < -0.39 is 11.4 Å². The van der Waals surface area contributed by atoms with Gasteiger partial charge < -0.3 is 5.11 Å². The van der Waals surface area contributed by atoms with Gasteiger partial charge >= 0.3 is 5.97 Å². The first-order valence-corrected chi connectivity index (χ1v) is 6.46. The van der Waals surface area contributed by atoms with Crippen LogP contribution in [0.5, 0.6) is 0 Å². The van der Waals surface area contributed by atoms with Gasteiger partial charge in [-0.3, -0.25) is 4.79 Å². The third-order valence-corrected chi connectivity index (χ3v) is 4.48. The minimum atomic E-state index is -0.782. The average molecular weight is 252 g/mol. The van der Waals surface area contributed by atoms with E-state index in [0.717, 1.165) is 11.1 Å². The molecule has 1 fully saturated rings. The van der Waals surface area contributed by atoms with Crippen molar-refractivity contribution < 1.29 is 9.90 Å². The monoisotopic (exact) mass is 252 g/mol. The second-order valence-electron chi connectivity index (χ2n) is 5.45. The first kappa shape index (κ1) is 12.0. The van der Waals surface area contributed by atoms with E-state index in [1.807, 2.05) is 67.6 Å². The van der Waals surface area contributed by atoms with E-state index in [9.17, 15) is 9.90 Å². The summed E-state index contributed by atoms with van der Waals surface area (Å²) in [6.07, 6.45) is 0.656. The van der Waals surface area contributed by atoms with Crippen molar-refractivity contribution in [3.8, 4) is 0 Å². The van der Waals surface area contributed by atoms with Crippen molar-refractivity contribution in [1.82, 2.24) is 0 Å². The van der Waals surface area contributed by atoms with Crippen LogP contribution in [0.4, 0.5) is 0 Å². The van der Waals surface area contributed by atoms with Crippen molar-refractivity contribution in [2.45, 2.75) is 24.2 Å². The van der Waals surface area contributed by atoms with E-state index in [1.54, 1.807) is 0 Å². The fourth-order valence-electron chi connectivity index (χ4n) is 3.22. The molecule has 3 rings (SSSR count). The van der Waals surface area contributed by atoms with Gasteiger partial charge in [-0.2, -0.15) is 0 Å². The van der Waals surface area contributed by atoms with Crippen LogP contribution >= 0.6 is 0 Å². The molecule has 0 radical (unpaired) electrons. The standard InChI is InChI=1S/C17H16O2/c1-16(13-8-4-2-5-9-13)12-17(16,15(18)19)14-10-6-3-7-11-14/h2-11H,12H2,1H3,(H,18,19)/t16-,17+/m1/s1. The van der Waals surface area contributed by atoms with Gasteiger partial charge in [0.1, 0.15) is 5.41 Å². The van der Waals surface area contributed by atoms with Crippen LogP contribution in [-0.2, 0) is 15.6 Å². The van der Waals surface area contributed by atoms with Gasteiger partial charge in [0.2, 0.25) is 0 Å². The number of benzene rings is 2. The molecule has 1 aliphatic rings. The lowest BCUT2D eigenvalue weighted by Gasteiger charge is -2.20. The first-order valence-electron chi connectivity index (χ1n) is 6.46. The second kappa shape index (κ2) is 3.95. The summed E-state index contributed by atoms with van der Waals surface area (Å²) in [6.45, 7) is 2.05. The number of carboxylic acids is 1. The van der Waals surface area contributed by atoms with Crippen molar-refractivity contribution in [2.24, 2.45) is 0 Å². The molecular weight excluding hydrogens is 236 g/mol. The summed E-state index contributed by atoms with van der Waals surface area (Å²) in [6, 6.07) is 19.5. The van der Waals surface area contributed by atoms with Crippen LogP contribution in [0.1, 0.15) is 24.5 Å². The largest absolute Gasteiger partial charge is 0.481 e.